The number of nitrogens with zero attached hydrogens (tertiary/aromatic N) is 2. The number of amides is 1. The normalized spacial score (nSPS) is 11.5. The van der Waals surface area contributed by atoms with Crippen LogP contribution in [0.5, 0.6) is 0 Å². The molecule has 0 saturated heterocycles. The number of pyridine rings is 1. The van der Waals surface area contributed by atoms with Gasteiger partial charge in [0.25, 0.3) is 0 Å². The van der Waals surface area contributed by atoms with E-state index in [1.165, 1.54) is 42.4 Å². The Hall–Kier alpha value is -3.74. The molecule has 3 aromatic carbocycles. The number of aromatic nitrogens is 1. The van der Waals surface area contributed by atoms with E-state index in [0.717, 1.165) is 6.07 Å². The lowest BCUT2D eigenvalue weighted by atomic mass is 9.93. The number of rotatable bonds is 4. The molecule has 0 unspecified atom stereocenters. The molecule has 0 N–H and O–H groups in total. The van der Waals surface area contributed by atoms with Crippen molar-refractivity contribution in [3.8, 4) is 11.1 Å². The molecule has 0 aliphatic carbocycles. The quantitative estimate of drug-likeness (QED) is 0.352. The van der Waals surface area contributed by atoms with Gasteiger partial charge in [0.15, 0.2) is 0 Å². The number of halogens is 4. The molecular weight excluding hydrogens is 420 g/mol. The minimum absolute atomic E-state index is 0.115. The zero-order chi connectivity index (χ0) is 22.9. The third-order valence-electron chi connectivity index (χ3n) is 5.26. The van der Waals surface area contributed by atoms with Gasteiger partial charge < -0.3 is 4.90 Å². The van der Waals surface area contributed by atoms with Crippen molar-refractivity contribution in [3.63, 3.8) is 0 Å². The summed E-state index contributed by atoms with van der Waals surface area (Å²) < 4.78 is 54.2. The SMILES string of the molecule is CN(C(=O)Cc1cnc2c(C(F)(F)F)cccc2c1-c1ccccc1)c1cccc(F)c1. The number of carbonyl (C=O) groups is 1. The molecule has 1 amide bonds. The van der Waals surface area contributed by atoms with Crippen molar-refractivity contribution in [2.24, 2.45) is 0 Å². The number of likely N-dealkylation sites (N-methyl/N-ethyl adjacent to an activating group) is 1. The van der Waals surface area contributed by atoms with Gasteiger partial charge in [0.1, 0.15) is 5.82 Å². The van der Waals surface area contributed by atoms with Crippen molar-refractivity contribution < 1.29 is 22.4 Å². The molecule has 0 aliphatic rings. The second-order valence-electron chi connectivity index (χ2n) is 7.33. The van der Waals surface area contributed by atoms with Crippen LogP contribution in [0.3, 0.4) is 0 Å². The predicted molar refractivity (Wildman–Crippen MR) is 116 cm³/mol. The highest BCUT2D eigenvalue weighted by Crippen LogP contribution is 2.38. The summed E-state index contributed by atoms with van der Waals surface area (Å²) in [5.41, 5.74) is 1.05. The van der Waals surface area contributed by atoms with Crippen LogP contribution in [-0.2, 0) is 17.4 Å². The molecule has 4 aromatic rings. The van der Waals surface area contributed by atoms with Gasteiger partial charge in [0.2, 0.25) is 5.91 Å². The standard InChI is InChI=1S/C25H18F4N2O/c1-31(19-10-5-9-18(26)14-19)22(32)13-17-15-30-24-20(11-6-12-21(24)25(27,28)29)23(17)16-7-3-2-4-8-16/h2-12,14-15H,13H2,1H3. The van der Waals surface area contributed by atoms with Crippen LogP contribution in [0, 0.1) is 5.82 Å². The molecule has 0 aliphatic heterocycles. The zero-order valence-corrected chi connectivity index (χ0v) is 17.0. The number of benzene rings is 3. The van der Waals surface area contributed by atoms with Crippen LogP contribution in [0.1, 0.15) is 11.1 Å². The van der Waals surface area contributed by atoms with E-state index in [1.54, 1.807) is 42.5 Å². The van der Waals surface area contributed by atoms with E-state index in [1.807, 2.05) is 0 Å². The molecular formula is C25H18F4N2O. The highest BCUT2D eigenvalue weighted by Gasteiger charge is 2.33. The Bertz CT molecular complexity index is 1290. The minimum atomic E-state index is -4.56. The number of para-hydroxylation sites is 1. The van der Waals surface area contributed by atoms with Gasteiger partial charge in [-0.25, -0.2) is 4.39 Å². The van der Waals surface area contributed by atoms with Gasteiger partial charge in [-0.1, -0.05) is 48.5 Å². The molecule has 0 radical (unpaired) electrons. The molecule has 0 bridgehead atoms. The molecule has 0 saturated carbocycles. The van der Waals surface area contributed by atoms with Gasteiger partial charge in [-0.05, 0) is 41.0 Å². The Morgan fingerprint density at radius 1 is 0.969 bits per heavy atom. The summed E-state index contributed by atoms with van der Waals surface area (Å²) in [7, 11) is 1.52. The summed E-state index contributed by atoms with van der Waals surface area (Å²) in [6, 6.07) is 18.4. The number of fused-ring (bicyclic) bond motifs is 1. The lowest BCUT2D eigenvalue weighted by molar-refractivity contribution is -0.136. The van der Waals surface area contributed by atoms with E-state index in [0.29, 0.717) is 27.8 Å². The van der Waals surface area contributed by atoms with Crippen molar-refractivity contribution in [1.29, 1.82) is 0 Å². The smallest absolute Gasteiger partial charge is 0.315 e. The fraction of sp³-hybridized carbons (Fsp3) is 0.120. The Morgan fingerprint density at radius 3 is 2.38 bits per heavy atom. The molecule has 4 rings (SSSR count). The summed E-state index contributed by atoms with van der Waals surface area (Å²) in [6.45, 7) is 0. The van der Waals surface area contributed by atoms with Gasteiger partial charge in [-0.2, -0.15) is 13.2 Å². The van der Waals surface area contributed by atoms with Gasteiger partial charge in [0, 0.05) is 24.3 Å². The van der Waals surface area contributed by atoms with Crippen molar-refractivity contribution in [1.82, 2.24) is 4.98 Å². The first-order chi connectivity index (χ1) is 15.3. The number of anilines is 1. The molecule has 32 heavy (non-hydrogen) atoms. The van der Waals surface area contributed by atoms with Gasteiger partial charge in [0.05, 0.1) is 17.5 Å². The monoisotopic (exact) mass is 438 g/mol. The van der Waals surface area contributed by atoms with E-state index in [-0.39, 0.29) is 17.8 Å². The molecule has 1 heterocycles. The maximum absolute atomic E-state index is 13.6. The molecule has 0 spiro atoms. The third-order valence-corrected chi connectivity index (χ3v) is 5.26. The number of hydrogen-bond acceptors (Lipinski definition) is 2. The summed E-state index contributed by atoms with van der Waals surface area (Å²) in [6.07, 6.45) is -3.36. The molecule has 7 heteroatoms. The van der Waals surface area contributed by atoms with Crippen LogP contribution >= 0.6 is 0 Å². The summed E-state index contributed by atoms with van der Waals surface area (Å²) in [4.78, 5) is 18.4. The van der Waals surface area contributed by atoms with Gasteiger partial charge in [-0.3, -0.25) is 9.78 Å². The minimum Gasteiger partial charge on any atom is -0.315 e. The van der Waals surface area contributed by atoms with Gasteiger partial charge in [-0.15, -0.1) is 0 Å². The van der Waals surface area contributed by atoms with E-state index in [9.17, 15) is 22.4 Å². The average Bonchev–Trinajstić information content (AvgIpc) is 2.77. The lowest BCUT2D eigenvalue weighted by Gasteiger charge is -2.20. The molecule has 1 aromatic heterocycles. The number of carbonyl (C=O) groups excluding carboxylic acids is 1. The third kappa shape index (κ3) is 4.19. The Morgan fingerprint density at radius 2 is 1.69 bits per heavy atom. The first-order valence-electron chi connectivity index (χ1n) is 9.81. The van der Waals surface area contributed by atoms with Crippen molar-refractivity contribution in [2.75, 3.05) is 11.9 Å². The fourth-order valence-electron chi connectivity index (χ4n) is 3.68. The van der Waals surface area contributed by atoms with E-state index in [2.05, 4.69) is 4.98 Å². The van der Waals surface area contributed by atoms with Crippen LogP contribution in [0.4, 0.5) is 23.2 Å². The molecule has 0 fully saturated rings. The maximum atomic E-state index is 13.6. The van der Waals surface area contributed by atoms with Crippen LogP contribution in [0.2, 0.25) is 0 Å². The number of hydrogen-bond donors (Lipinski definition) is 0. The first-order valence-corrected chi connectivity index (χ1v) is 9.81. The maximum Gasteiger partial charge on any atom is 0.418 e. The van der Waals surface area contributed by atoms with Crippen molar-refractivity contribution in [2.45, 2.75) is 12.6 Å². The average molecular weight is 438 g/mol. The van der Waals surface area contributed by atoms with Crippen LogP contribution in [0.25, 0.3) is 22.0 Å². The lowest BCUT2D eigenvalue weighted by Crippen LogP contribution is -2.28. The molecule has 162 valence electrons. The summed E-state index contributed by atoms with van der Waals surface area (Å²) >= 11 is 0. The second-order valence-corrected chi connectivity index (χ2v) is 7.33. The van der Waals surface area contributed by atoms with Crippen molar-refractivity contribution in [3.05, 3.63) is 95.9 Å². The van der Waals surface area contributed by atoms with E-state index >= 15 is 0 Å². The van der Waals surface area contributed by atoms with Crippen LogP contribution < -0.4 is 4.90 Å². The van der Waals surface area contributed by atoms with Crippen LogP contribution in [-0.4, -0.2) is 17.9 Å². The zero-order valence-electron chi connectivity index (χ0n) is 17.0. The first kappa shape index (κ1) is 21.5. The second kappa shape index (κ2) is 8.42. The Kier molecular flexibility index (Phi) is 5.65. The summed E-state index contributed by atoms with van der Waals surface area (Å²) in [5, 5.41) is 0.310. The molecule has 3 nitrogen and oxygen atoms in total. The Balaban J connectivity index is 1.83. The summed E-state index contributed by atoms with van der Waals surface area (Å²) in [5.74, 6) is -0.819. The largest absolute Gasteiger partial charge is 0.418 e. The van der Waals surface area contributed by atoms with Crippen LogP contribution in [0.15, 0.2) is 79.0 Å². The number of alkyl halides is 3. The highest BCUT2D eigenvalue weighted by molar-refractivity contribution is 6.01. The van der Waals surface area contributed by atoms with Crippen molar-refractivity contribution >= 4 is 22.5 Å². The van der Waals surface area contributed by atoms with E-state index in [4.69, 9.17) is 0 Å². The highest BCUT2D eigenvalue weighted by atomic mass is 19.4. The predicted octanol–water partition coefficient (Wildman–Crippen LogP) is 6.27. The topological polar surface area (TPSA) is 33.2 Å². The molecule has 0 atom stereocenters. The van der Waals surface area contributed by atoms with Gasteiger partial charge >= 0.3 is 6.18 Å². The van der Waals surface area contributed by atoms with E-state index < -0.39 is 17.6 Å². The fourth-order valence-corrected chi connectivity index (χ4v) is 3.68. The Labute approximate surface area is 181 Å².